The van der Waals surface area contributed by atoms with E-state index < -0.39 is 0 Å². The van der Waals surface area contributed by atoms with Gasteiger partial charge < -0.3 is 20.4 Å². The van der Waals surface area contributed by atoms with E-state index >= 15 is 0 Å². The fourth-order valence-electron chi connectivity index (χ4n) is 4.60. The van der Waals surface area contributed by atoms with Crippen molar-refractivity contribution in [2.75, 3.05) is 40.8 Å². The Morgan fingerprint density at radius 2 is 1.77 bits per heavy atom. The minimum absolute atomic E-state index is 0.0308. The molecule has 1 saturated heterocycles. The maximum absolute atomic E-state index is 12.4. The van der Waals surface area contributed by atoms with Crippen LogP contribution in [0.3, 0.4) is 0 Å². The molecule has 2 aliphatic rings. The lowest BCUT2D eigenvalue weighted by molar-refractivity contribution is -0.128. The number of nitrogens with one attached hydrogen (secondary N) is 2. The molecule has 0 aromatic heterocycles. The predicted octanol–water partition coefficient (Wildman–Crippen LogP) is 2.41. The van der Waals surface area contributed by atoms with Crippen LogP contribution in [0, 0.1) is 11.8 Å². The number of aliphatic imine (C=N–C) groups is 1. The van der Waals surface area contributed by atoms with Crippen molar-refractivity contribution in [2.45, 2.75) is 44.6 Å². The van der Waals surface area contributed by atoms with Gasteiger partial charge in [0.2, 0.25) is 11.8 Å². The summed E-state index contributed by atoms with van der Waals surface area (Å²) in [5.41, 5.74) is 1.15. The third kappa shape index (κ3) is 6.45. The van der Waals surface area contributed by atoms with Crippen molar-refractivity contribution in [3.05, 3.63) is 35.9 Å². The topological polar surface area (TPSA) is 77.0 Å². The zero-order valence-corrected chi connectivity index (χ0v) is 19.1. The van der Waals surface area contributed by atoms with Crippen molar-refractivity contribution in [3.63, 3.8) is 0 Å². The molecule has 1 aliphatic carbocycles. The highest BCUT2D eigenvalue weighted by Crippen LogP contribution is 2.36. The Balaban J connectivity index is 1.65. The molecule has 0 spiro atoms. The van der Waals surface area contributed by atoms with Crippen molar-refractivity contribution in [3.8, 4) is 0 Å². The van der Waals surface area contributed by atoms with Gasteiger partial charge in [-0.15, -0.1) is 0 Å². The monoisotopic (exact) mass is 427 g/mol. The number of hydrogen-bond acceptors (Lipinski definition) is 3. The molecule has 0 bridgehead atoms. The number of hydrogen-bond donors (Lipinski definition) is 2. The minimum Gasteiger partial charge on any atom is -0.356 e. The van der Waals surface area contributed by atoms with Gasteiger partial charge in [0.1, 0.15) is 6.54 Å². The molecular weight excluding hydrogens is 390 g/mol. The number of benzene rings is 1. The van der Waals surface area contributed by atoms with E-state index in [1.165, 1.54) is 32.1 Å². The molecule has 2 N–H and O–H groups in total. The summed E-state index contributed by atoms with van der Waals surface area (Å²) < 4.78 is 0. The van der Waals surface area contributed by atoms with Crippen LogP contribution in [0.15, 0.2) is 35.3 Å². The summed E-state index contributed by atoms with van der Waals surface area (Å²) in [7, 11) is 5.36. The Kier molecular flexibility index (Phi) is 8.32. The van der Waals surface area contributed by atoms with Gasteiger partial charge in [0.25, 0.3) is 0 Å². The van der Waals surface area contributed by atoms with Gasteiger partial charge in [-0.25, -0.2) is 4.99 Å². The van der Waals surface area contributed by atoms with E-state index in [-0.39, 0.29) is 30.3 Å². The quantitative estimate of drug-likeness (QED) is 0.518. The van der Waals surface area contributed by atoms with Gasteiger partial charge >= 0.3 is 0 Å². The standard InChI is InChI=1S/C24H37N5O2/c1-28(2)22(31)17-27-24(25-15-18-10-6-4-7-11-18)26-16-20-14-21(30)29(3)23(20)19-12-8-5-9-13-19/h5,8-9,12-13,18,20,23H,4,6-7,10-11,14-17H2,1-3H3,(H2,25,26,27). The molecule has 1 heterocycles. The molecule has 2 fully saturated rings. The maximum atomic E-state index is 12.4. The van der Waals surface area contributed by atoms with Crippen LogP contribution in [0.1, 0.15) is 50.1 Å². The number of likely N-dealkylation sites (N-methyl/N-ethyl adjacent to an activating group) is 1. The summed E-state index contributed by atoms with van der Waals surface area (Å²) in [6.07, 6.45) is 6.91. The van der Waals surface area contributed by atoms with Crippen LogP contribution in [0.4, 0.5) is 0 Å². The molecule has 1 aliphatic heterocycles. The first-order valence-electron chi connectivity index (χ1n) is 11.5. The van der Waals surface area contributed by atoms with Gasteiger partial charge in [0, 0.05) is 46.6 Å². The summed E-state index contributed by atoms with van der Waals surface area (Å²) in [5, 5.41) is 6.88. The fraction of sp³-hybridized carbons (Fsp3) is 0.625. The Bertz CT molecular complexity index is 758. The molecule has 2 unspecified atom stereocenters. The van der Waals surface area contributed by atoms with E-state index in [2.05, 4.69) is 27.8 Å². The van der Waals surface area contributed by atoms with E-state index in [0.29, 0.717) is 24.8 Å². The first-order valence-corrected chi connectivity index (χ1v) is 11.5. The van der Waals surface area contributed by atoms with Gasteiger partial charge in [0.05, 0.1) is 6.04 Å². The van der Waals surface area contributed by atoms with Gasteiger partial charge in [-0.2, -0.15) is 0 Å². The largest absolute Gasteiger partial charge is 0.356 e. The SMILES string of the molecule is CN(C)C(=O)CN=C(NCC1CCCCC1)NCC1CC(=O)N(C)C1c1ccccc1. The fourth-order valence-corrected chi connectivity index (χ4v) is 4.60. The predicted molar refractivity (Wildman–Crippen MR) is 124 cm³/mol. The first kappa shape index (κ1) is 23.1. The lowest BCUT2D eigenvalue weighted by Crippen LogP contribution is -2.43. The summed E-state index contributed by atoms with van der Waals surface area (Å²) in [5.74, 6) is 1.59. The first-order chi connectivity index (χ1) is 15.0. The molecule has 2 atom stereocenters. The second-order valence-corrected chi connectivity index (χ2v) is 9.04. The van der Waals surface area contributed by atoms with Crippen molar-refractivity contribution < 1.29 is 9.59 Å². The molecule has 31 heavy (non-hydrogen) atoms. The van der Waals surface area contributed by atoms with Crippen LogP contribution in [0.5, 0.6) is 0 Å². The molecular formula is C24H37N5O2. The molecule has 0 radical (unpaired) electrons. The molecule has 170 valence electrons. The van der Waals surface area contributed by atoms with Crippen LogP contribution in [-0.2, 0) is 9.59 Å². The lowest BCUT2D eigenvalue weighted by atomic mass is 9.89. The highest BCUT2D eigenvalue weighted by molar-refractivity contribution is 5.85. The summed E-state index contributed by atoms with van der Waals surface area (Å²) in [4.78, 5) is 32.4. The molecule has 3 rings (SSSR count). The van der Waals surface area contributed by atoms with Crippen LogP contribution < -0.4 is 10.6 Å². The van der Waals surface area contributed by atoms with Crippen molar-refractivity contribution >= 4 is 17.8 Å². The highest BCUT2D eigenvalue weighted by atomic mass is 16.2. The number of amides is 2. The van der Waals surface area contributed by atoms with Gasteiger partial charge in [-0.05, 0) is 24.3 Å². The lowest BCUT2D eigenvalue weighted by Gasteiger charge is -2.27. The Morgan fingerprint density at radius 3 is 2.45 bits per heavy atom. The molecule has 7 heteroatoms. The molecule has 1 saturated carbocycles. The van der Waals surface area contributed by atoms with Gasteiger partial charge in [-0.3, -0.25) is 9.59 Å². The Morgan fingerprint density at radius 1 is 1.10 bits per heavy atom. The average molecular weight is 428 g/mol. The number of rotatable bonds is 7. The summed E-state index contributed by atoms with van der Waals surface area (Å²) in [6, 6.07) is 10.2. The Hall–Kier alpha value is -2.57. The highest BCUT2D eigenvalue weighted by Gasteiger charge is 2.38. The number of guanidine groups is 1. The summed E-state index contributed by atoms with van der Waals surface area (Å²) in [6.45, 7) is 1.61. The van der Waals surface area contributed by atoms with Crippen molar-refractivity contribution in [1.29, 1.82) is 0 Å². The Labute approximate surface area is 186 Å². The molecule has 7 nitrogen and oxygen atoms in total. The number of likely N-dealkylation sites (tertiary alicyclic amines) is 1. The molecule has 1 aromatic rings. The second kappa shape index (κ2) is 11.2. The maximum Gasteiger partial charge on any atom is 0.243 e. The van der Waals surface area contributed by atoms with E-state index in [4.69, 9.17) is 0 Å². The van der Waals surface area contributed by atoms with Crippen LogP contribution in [0.2, 0.25) is 0 Å². The normalized spacial score (nSPS) is 22.5. The average Bonchev–Trinajstić information content (AvgIpc) is 3.07. The smallest absolute Gasteiger partial charge is 0.243 e. The zero-order valence-electron chi connectivity index (χ0n) is 19.1. The number of nitrogens with zero attached hydrogens (tertiary/aromatic N) is 3. The second-order valence-electron chi connectivity index (χ2n) is 9.04. The summed E-state index contributed by atoms with van der Waals surface area (Å²) >= 11 is 0. The van der Waals surface area contributed by atoms with E-state index in [1.54, 1.807) is 19.0 Å². The number of carbonyl (C=O) groups excluding carboxylic acids is 2. The van der Waals surface area contributed by atoms with E-state index in [9.17, 15) is 9.59 Å². The molecule has 1 aromatic carbocycles. The van der Waals surface area contributed by atoms with Crippen molar-refractivity contribution in [1.82, 2.24) is 20.4 Å². The number of carbonyl (C=O) groups is 2. The van der Waals surface area contributed by atoms with Crippen LogP contribution >= 0.6 is 0 Å². The third-order valence-electron chi connectivity index (χ3n) is 6.52. The van der Waals surface area contributed by atoms with Crippen molar-refractivity contribution in [2.24, 2.45) is 16.8 Å². The van der Waals surface area contributed by atoms with Gasteiger partial charge in [-0.1, -0.05) is 49.6 Å². The van der Waals surface area contributed by atoms with E-state index in [1.807, 2.05) is 30.1 Å². The van der Waals surface area contributed by atoms with Gasteiger partial charge in [0.15, 0.2) is 5.96 Å². The molecule has 2 amide bonds. The van der Waals surface area contributed by atoms with Crippen LogP contribution in [-0.4, -0.2) is 68.4 Å². The van der Waals surface area contributed by atoms with E-state index in [0.717, 1.165) is 12.1 Å². The zero-order chi connectivity index (χ0) is 22.2. The van der Waals surface area contributed by atoms with Crippen LogP contribution in [0.25, 0.3) is 0 Å². The third-order valence-corrected chi connectivity index (χ3v) is 6.52. The minimum atomic E-state index is -0.0308.